The second-order valence-electron chi connectivity index (χ2n) is 12.4. The lowest BCUT2D eigenvalue weighted by Crippen LogP contribution is -2.55. The Hall–Kier alpha value is -3.61. The number of carboxylic acid groups (broad SMARTS) is 2. The largest absolute Gasteiger partial charge is 0.480 e. The third kappa shape index (κ3) is 14.4. The Morgan fingerprint density at radius 1 is 0.918 bits per heavy atom. The van der Waals surface area contributed by atoms with Crippen LogP contribution < -0.4 is 5.32 Å². The van der Waals surface area contributed by atoms with Crippen LogP contribution in [-0.4, -0.2) is 78.4 Å². The lowest BCUT2D eigenvalue weighted by Gasteiger charge is -2.30. The molecule has 10 nitrogen and oxygen atoms in total. The molecule has 1 amide bonds. The van der Waals surface area contributed by atoms with Crippen LogP contribution in [0.15, 0.2) is 60.7 Å². The summed E-state index contributed by atoms with van der Waals surface area (Å²) in [6.45, 7) is 1.94. The van der Waals surface area contributed by atoms with Crippen molar-refractivity contribution in [3.05, 3.63) is 72.1 Å². The van der Waals surface area contributed by atoms with Crippen molar-refractivity contribution in [2.45, 2.75) is 95.6 Å². The van der Waals surface area contributed by atoms with Crippen molar-refractivity contribution in [1.29, 1.82) is 0 Å². The highest BCUT2D eigenvalue weighted by molar-refractivity contribution is 7.91. The normalized spacial score (nSPS) is 14.3. The number of amides is 1. The smallest absolute Gasteiger partial charge is 0.336 e. The third-order valence-electron chi connectivity index (χ3n) is 8.51. The summed E-state index contributed by atoms with van der Waals surface area (Å²) in [6, 6.07) is 11.3. The Labute approximate surface area is 289 Å². The molecule has 4 N–H and O–H groups in total. The molecule has 0 aliphatic heterocycles. The van der Waals surface area contributed by atoms with Gasteiger partial charge in [0, 0.05) is 32.1 Å². The lowest BCUT2D eigenvalue weighted by atomic mass is 9.83. The quantitative estimate of drug-likeness (QED) is 0.0720. The van der Waals surface area contributed by atoms with Crippen LogP contribution in [0.5, 0.6) is 0 Å². The van der Waals surface area contributed by atoms with Gasteiger partial charge in [0.15, 0.2) is 5.60 Å². The van der Waals surface area contributed by atoms with E-state index in [0.29, 0.717) is 48.8 Å². The molecule has 0 radical (unpaired) electrons. The first-order valence-corrected chi connectivity index (χ1v) is 18.9. The highest BCUT2D eigenvalue weighted by Crippen LogP contribution is 2.26. The number of ether oxygens (including phenoxy) is 1. The molecule has 0 aliphatic rings. The molecule has 2 aromatic carbocycles. The van der Waals surface area contributed by atoms with Gasteiger partial charge in [-0.2, -0.15) is 0 Å². The van der Waals surface area contributed by atoms with Gasteiger partial charge in [-0.05, 0) is 42.9 Å². The molecule has 0 bridgehead atoms. The number of methoxy groups -OCH3 is 1. The fourth-order valence-electron chi connectivity index (χ4n) is 5.53. The zero-order valence-electron chi connectivity index (χ0n) is 28.6. The number of unbranched alkanes of at least 4 members (excludes halogenated alkanes) is 8. The number of aliphatic hydroxyl groups is 1. The second-order valence-corrected chi connectivity index (χ2v) is 14.7. The molecule has 0 spiro atoms. The minimum Gasteiger partial charge on any atom is -0.480 e. The number of carboxylic acids is 2. The van der Waals surface area contributed by atoms with Crippen LogP contribution in [0.25, 0.3) is 11.1 Å². The van der Waals surface area contributed by atoms with E-state index in [4.69, 9.17) is 4.74 Å². The lowest BCUT2D eigenvalue weighted by molar-refractivity contribution is -0.168. The van der Waals surface area contributed by atoms with E-state index in [1.165, 1.54) is 19.3 Å². The maximum atomic E-state index is 14.2. The van der Waals surface area contributed by atoms with E-state index in [1.807, 2.05) is 0 Å². The molecule has 0 aliphatic carbocycles. The van der Waals surface area contributed by atoms with Gasteiger partial charge in [-0.15, -0.1) is 0 Å². The molecule has 2 rings (SSSR count). The molecule has 0 unspecified atom stereocenters. The molecular formula is C37H52FNO9S. The highest BCUT2D eigenvalue weighted by atomic mass is 32.2. The summed E-state index contributed by atoms with van der Waals surface area (Å²) in [5.74, 6) is -5.67. The maximum Gasteiger partial charge on any atom is 0.336 e. The van der Waals surface area contributed by atoms with Gasteiger partial charge in [0.25, 0.3) is 0 Å². The molecule has 0 saturated carbocycles. The van der Waals surface area contributed by atoms with Gasteiger partial charge in [-0.25, -0.2) is 22.4 Å². The summed E-state index contributed by atoms with van der Waals surface area (Å²) >= 11 is 0. The zero-order chi connectivity index (χ0) is 36.3. The van der Waals surface area contributed by atoms with Crippen molar-refractivity contribution in [2.24, 2.45) is 5.92 Å². The van der Waals surface area contributed by atoms with Crippen LogP contribution in [0.1, 0.15) is 83.1 Å². The molecule has 3 atom stereocenters. The topological polar surface area (TPSA) is 167 Å². The Bertz CT molecular complexity index is 1460. The van der Waals surface area contributed by atoms with Crippen LogP contribution >= 0.6 is 0 Å². The number of carbonyl (C=O) groups is 3. The van der Waals surface area contributed by atoms with Crippen LogP contribution in [0.2, 0.25) is 0 Å². The van der Waals surface area contributed by atoms with Crippen LogP contribution in [0.4, 0.5) is 4.39 Å². The minimum atomic E-state index is -3.08. The first-order chi connectivity index (χ1) is 23.3. The average molecular weight is 706 g/mol. The van der Waals surface area contributed by atoms with E-state index in [9.17, 15) is 42.5 Å². The molecule has 272 valence electrons. The number of sulfone groups is 1. The van der Waals surface area contributed by atoms with E-state index in [0.717, 1.165) is 32.1 Å². The molecule has 0 fully saturated rings. The minimum absolute atomic E-state index is 0.143. The average Bonchev–Trinajstić information content (AvgIpc) is 3.06. The number of carbonyl (C=O) groups excluding carboxylic acids is 1. The van der Waals surface area contributed by atoms with E-state index in [2.05, 4.69) is 12.2 Å². The Morgan fingerprint density at radius 3 is 2.10 bits per heavy atom. The predicted molar refractivity (Wildman–Crippen MR) is 187 cm³/mol. The van der Waals surface area contributed by atoms with Crippen molar-refractivity contribution >= 4 is 27.7 Å². The summed E-state index contributed by atoms with van der Waals surface area (Å²) in [7, 11) is -1.75. The van der Waals surface area contributed by atoms with Gasteiger partial charge in [-0.3, -0.25) is 4.79 Å². The number of hydrogen-bond donors (Lipinski definition) is 4. The van der Waals surface area contributed by atoms with Crippen molar-refractivity contribution in [1.82, 2.24) is 5.32 Å². The monoisotopic (exact) mass is 705 g/mol. The number of halogens is 1. The molecular weight excluding hydrogens is 653 g/mol. The Morgan fingerprint density at radius 2 is 1.53 bits per heavy atom. The summed E-state index contributed by atoms with van der Waals surface area (Å²) < 4.78 is 43.7. The summed E-state index contributed by atoms with van der Waals surface area (Å²) in [6.07, 6.45) is 10.2. The number of hydrogen-bond acceptors (Lipinski definition) is 7. The maximum absolute atomic E-state index is 14.2. The molecule has 12 heteroatoms. The Kier molecular flexibility index (Phi) is 18.2. The summed E-state index contributed by atoms with van der Waals surface area (Å²) in [4.78, 5) is 37.9. The molecule has 2 aromatic rings. The van der Waals surface area contributed by atoms with Gasteiger partial charge in [-0.1, -0.05) is 100 Å². The van der Waals surface area contributed by atoms with Gasteiger partial charge in [0.2, 0.25) is 5.91 Å². The van der Waals surface area contributed by atoms with E-state index >= 15 is 0 Å². The first kappa shape index (κ1) is 41.6. The number of benzene rings is 2. The molecule has 0 saturated heterocycles. The van der Waals surface area contributed by atoms with E-state index in [-0.39, 0.29) is 24.5 Å². The fraction of sp³-hybridized carbons (Fsp3) is 0.541. The first-order valence-electron chi connectivity index (χ1n) is 17.0. The number of allylic oxidation sites excluding steroid dienone is 1. The summed E-state index contributed by atoms with van der Waals surface area (Å²) in [5.41, 5.74) is -1.07. The van der Waals surface area contributed by atoms with Crippen molar-refractivity contribution in [3.8, 4) is 11.1 Å². The molecule has 0 aromatic heterocycles. The van der Waals surface area contributed by atoms with Crippen LogP contribution in [-0.2, 0) is 35.4 Å². The standard InChI is InChI=1S/C37H52FNO9S/c1-3-4-5-9-14-25-49(46,47)26-15-10-7-6-8-11-17-31(37(45,36(43)44)23-24-48-2)34(40)39-33(35(41)42)27-28-19-21-29(22-20-28)30-16-12-13-18-32(30)38/h11-13,16-22,31,33,45H,3-10,14-15,23-27H2,1-2H3,(H,39,40)(H,41,42)(H,43,44)/t31-,33+,37+/m1/s1. The second kappa shape index (κ2) is 21.5. The van der Waals surface area contributed by atoms with Gasteiger partial charge in [0.05, 0.1) is 17.4 Å². The van der Waals surface area contributed by atoms with Crippen molar-refractivity contribution < 1.29 is 47.2 Å². The molecule has 49 heavy (non-hydrogen) atoms. The highest BCUT2D eigenvalue weighted by Gasteiger charge is 2.47. The van der Waals surface area contributed by atoms with Crippen molar-refractivity contribution in [3.63, 3.8) is 0 Å². The van der Waals surface area contributed by atoms with Crippen LogP contribution in [0, 0.1) is 11.7 Å². The van der Waals surface area contributed by atoms with Crippen LogP contribution in [0.3, 0.4) is 0 Å². The predicted octanol–water partition coefficient (Wildman–Crippen LogP) is 5.96. The summed E-state index contributed by atoms with van der Waals surface area (Å²) in [5, 5.41) is 33.4. The van der Waals surface area contributed by atoms with Crippen molar-refractivity contribution in [2.75, 3.05) is 25.2 Å². The third-order valence-corrected chi connectivity index (χ3v) is 10.3. The van der Waals surface area contributed by atoms with Gasteiger partial charge >= 0.3 is 11.9 Å². The van der Waals surface area contributed by atoms with E-state index < -0.39 is 57.5 Å². The number of nitrogens with one attached hydrogen (secondary N) is 1. The Balaban J connectivity index is 2.04. The number of rotatable bonds is 25. The van der Waals surface area contributed by atoms with E-state index in [1.54, 1.807) is 48.5 Å². The number of aliphatic carboxylic acids is 2. The van der Waals surface area contributed by atoms with Gasteiger partial charge < -0.3 is 25.4 Å². The zero-order valence-corrected chi connectivity index (χ0v) is 29.4. The van der Waals surface area contributed by atoms with Gasteiger partial charge in [0.1, 0.15) is 21.7 Å². The SMILES string of the molecule is CCCCCCCS(=O)(=O)CCCCCCC=C[C@H](C(=O)N[C@@H](Cc1ccc(-c2ccccc2F)cc1)C(=O)O)[C@@](O)(CCOC)C(=O)O. The molecule has 0 heterocycles. The fourth-order valence-corrected chi connectivity index (χ4v) is 7.02.